The molecule has 0 aliphatic carbocycles. The Kier molecular flexibility index (Phi) is 6.32. The Labute approximate surface area is 151 Å². The van der Waals surface area contributed by atoms with Gasteiger partial charge in [0.05, 0.1) is 19.8 Å². The van der Waals surface area contributed by atoms with Gasteiger partial charge in [-0.05, 0) is 11.1 Å². The second kappa shape index (κ2) is 8.68. The summed E-state index contributed by atoms with van der Waals surface area (Å²) in [6.45, 7) is -1.03. The molecule has 1 saturated heterocycles. The summed E-state index contributed by atoms with van der Waals surface area (Å²) < 4.78 is 44.6. The smallest absolute Gasteiger partial charge is 0.217 e. The second-order valence-electron chi connectivity index (χ2n) is 6.31. The molecule has 1 heterocycles. The number of aliphatic hydroxyl groups excluding tert-OH is 1. The van der Waals surface area contributed by atoms with E-state index in [0.29, 0.717) is 6.61 Å². The van der Waals surface area contributed by atoms with Crippen LogP contribution in [0.5, 0.6) is 0 Å². The number of rotatable bonds is 8. The zero-order valence-corrected chi connectivity index (χ0v) is 14.3. The predicted octanol–water partition coefficient (Wildman–Crippen LogP) is 3.18. The monoisotopic (exact) mass is 364 g/mol. The highest BCUT2D eigenvalue weighted by Crippen LogP contribution is 2.37. The summed E-state index contributed by atoms with van der Waals surface area (Å²) in [5, 5.41) is 9.83. The average molecular weight is 364 g/mol. The third-order valence-electron chi connectivity index (χ3n) is 4.40. The molecule has 3 rings (SSSR count). The van der Waals surface area contributed by atoms with Gasteiger partial charge in [-0.1, -0.05) is 60.7 Å². The normalized spacial score (nSPS) is 28.3. The minimum absolute atomic E-state index is 0.0168. The first-order valence-corrected chi connectivity index (χ1v) is 8.49. The van der Waals surface area contributed by atoms with Gasteiger partial charge in [-0.25, -0.2) is 8.78 Å². The highest BCUT2D eigenvalue weighted by molar-refractivity contribution is 5.14. The number of alkyl halides is 2. The summed E-state index contributed by atoms with van der Waals surface area (Å²) in [5.74, 6) is 0. The fourth-order valence-corrected chi connectivity index (χ4v) is 2.94. The van der Waals surface area contributed by atoms with Crippen molar-refractivity contribution in [2.75, 3.05) is 13.3 Å². The average Bonchev–Trinajstić information content (AvgIpc) is 2.92. The first kappa shape index (κ1) is 18.9. The van der Waals surface area contributed by atoms with Crippen LogP contribution in [0, 0.1) is 0 Å². The molecular formula is C20H22F2O4. The van der Waals surface area contributed by atoms with Crippen molar-refractivity contribution in [2.45, 2.75) is 37.4 Å². The number of halogens is 2. The Morgan fingerprint density at radius 3 is 2.12 bits per heavy atom. The maximum absolute atomic E-state index is 14.9. The fourth-order valence-electron chi connectivity index (χ4n) is 2.94. The largest absolute Gasteiger partial charge is 0.374 e. The SMILES string of the molecule is OC1OC(COCc2ccccc2)C(OCc2ccccc2)C1(F)CF. The van der Waals surface area contributed by atoms with Crippen molar-refractivity contribution < 1.29 is 28.1 Å². The van der Waals surface area contributed by atoms with Crippen molar-refractivity contribution in [3.63, 3.8) is 0 Å². The van der Waals surface area contributed by atoms with E-state index in [4.69, 9.17) is 14.2 Å². The number of hydrogen-bond donors (Lipinski definition) is 1. The van der Waals surface area contributed by atoms with Gasteiger partial charge in [-0.15, -0.1) is 0 Å². The molecule has 2 aromatic carbocycles. The van der Waals surface area contributed by atoms with Crippen LogP contribution in [0.25, 0.3) is 0 Å². The highest BCUT2D eigenvalue weighted by atomic mass is 19.2. The Balaban J connectivity index is 1.62. The van der Waals surface area contributed by atoms with Crippen LogP contribution >= 0.6 is 0 Å². The van der Waals surface area contributed by atoms with Gasteiger partial charge in [0.15, 0.2) is 6.29 Å². The van der Waals surface area contributed by atoms with Crippen LogP contribution in [0.15, 0.2) is 60.7 Å². The Morgan fingerprint density at radius 1 is 0.962 bits per heavy atom. The van der Waals surface area contributed by atoms with E-state index in [0.717, 1.165) is 11.1 Å². The Hall–Kier alpha value is -1.86. The fraction of sp³-hybridized carbons (Fsp3) is 0.400. The lowest BCUT2D eigenvalue weighted by molar-refractivity contribution is -0.156. The molecule has 6 heteroatoms. The summed E-state index contributed by atoms with van der Waals surface area (Å²) in [6, 6.07) is 18.6. The molecule has 4 atom stereocenters. The van der Waals surface area contributed by atoms with E-state index in [1.54, 1.807) is 0 Å². The maximum Gasteiger partial charge on any atom is 0.217 e. The van der Waals surface area contributed by atoms with Crippen molar-refractivity contribution >= 4 is 0 Å². The molecule has 0 bridgehead atoms. The number of benzene rings is 2. The summed E-state index contributed by atoms with van der Waals surface area (Å²) >= 11 is 0. The Bertz CT molecular complexity index is 670. The van der Waals surface area contributed by atoms with Crippen LogP contribution in [-0.2, 0) is 27.4 Å². The highest BCUT2D eigenvalue weighted by Gasteiger charge is 2.58. The molecule has 0 radical (unpaired) electrons. The van der Waals surface area contributed by atoms with Gasteiger partial charge in [0.2, 0.25) is 5.67 Å². The van der Waals surface area contributed by atoms with E-state index >= 15 is 0 Å². The van der Waals surface area contributed by atoms with Crippen molar-refractivity contribution in [1.29, 1.82) is 0 Å². The van der Waals surface area contributed by atoms with Crippen molar-refractivity contribution in [1.82, 2.24) is 0 Å². The zero-order chi connectivity index (χ0) is 18.4. The van der Waals surface area contributed by atoms with Crippen molar-refractivity contribution in [3.8, 4) is 0 Å². The molecule has 4 unspecified atom stereocenters. The van der Waals surface area contributed by atoms with Crippen LogP contribution in [0.2, 0.25) is 0 Å². The molecule has 140 valence electrons. The standard InChI is InChI=1S/C20H22F2O4/c21-14-20(22)18(25-12-16-9-5-2-6-10-16)17(26-19(20)23)13-24-11-15-7-3-1-4-8-15/h1-10,17-19,23H,11-14H2. The molecule has 0 spiro atoms. The summed E-state index contributed by atoms with van der Waals surface area (Å²) in [6.07, 6.45) is -4.06. The lowest BCUT2D eigenvalue weighted by Gasteiger charge is -2.27. The predicted molar refractivity (Wildman–Crippen MR) is 91.8 cm³/mol. The van der Waals surface area contributed by atoms with Crippen LogP contribution in [-0.4, -0.2) is 42.6 Å². The van der Waals surface area contributed by atoms with E-state index in [9.17, 15) is 13.9 Å². The summed E-state index contributed by atoms with van der Waals surface area (Å²) in [4.78, 5) is 0. The lowest BCUT2D eigenvalue weighted by atomic mass is 9.98. The molecule has 1 aliphatic rings. The molecule has 0 saturated carbocycles. The van der Waals surface area contributed by atoms with Gasteiger partial charge < -0.3 is 19.3 Å². The van der Waals surface area contributed by atoms with E-state index in [1.165, 1.54) is 0 Å². The molecule has 1 fully saturated rings. The molecular weight excluding hydrogens is 342 g/mol. The molecule has 0 amide bonds. The van der Waals surface area contributed by atoms with Gasteiger partial charge in [-0.2, -0.15) is 0 Å². The summed E-state index contributed by atoms with van der Waals surface area (Å²) in [5.41, 5.74) is -0.848. The van der Waals surface area contributed by atoms with E-state index in [2.05, 4.69) is 0 Å². The van der Waals surface area contributed by atoms with Gasteiger partial charge in [0.25, 0.3) is 0 Å². The minimum Gasteiger partial charge on any atom is -0.374 e. The lowest BCUT2D eigenvalue weighted by Crippen LogP contribution is -2.48. The number of ether oxygens (including phenoxy) is 3. The van der Waals surface area contributed by atoms with Gasteiger partial charge in [0.1, 0.15) is 18.9 Å². The van der Waals surface area contributed by atoms with Crippen LogP contribution in [0.1, 0.15) is 11.1 Å². The molecule has 1 aliphatic heterocycles. The third-order valence-corrected chi connectivity index (χ3v) is 4.40. The summed E-state index contributed by atoms with van der Waals surface area (Å²) in [7, 11) is 0. The maximum atomic E-state index is 14.9. The molecule has 0 aromatic heterocycles. The van der Waals surface area contributed by atoms with Crippen molar-refractivity contribution in [3.05, 3.63) is 71.8 Å². The quantitative estimate of drug-likeness (QED) is 0.782. The van der Waals surface area contributed by atoms with Gasteiger partial charge in [0, 0.05) is 0 Å². The van der Waals surface area contributed by atoms with Crippen LogP contribution < -0.4 is 0 Å². The van der Waals surface area contributed by atoms with E-state index < -0.39 is 30.8 Å². The minimum atomic E-state index is -2.62. The third kappa shape index (κ3) is 4.27. The molecule has 1 N–H and O–H groups in total. The molecule has 4 nitrogen and oxygen atoms in total. The molecule has 26 heavy (non-hydrogen) atoms. The number of aliphatic hydroxyl groups is 1. The van der Waals surface area contributed by atoms with E-state index in [1.807, 2.05) is 60.7 Å². The topological polar surface area (TPSA) is 47.9 Å². The van der Waals surface area contributed by atoms with Gasteiger partial charge >= 0.3 is 0 Å². The van der Waals surface area contributed by atoms with E-state index in [-0.39, 0.29) is 13.2 Å². The first-order chi connectivity index (χ1) is 12.6. The first-order valence-electron chi connectivity index (χ1n) is 8.49. The zero-order valence-electron chi connectivity index (χ0n) is 14.3. The van der Waals surface area contributed by atoms with Crippen molar-refractivity contribution in [2.24, 2.45) is 0 Å². The molecule has 2 aromatic rings. The van der Waals surface area contributed by atoms with Gasteiger partial charge in [-0.3, -0.25) is 0 Å². The van der Waals surface area contributed by atoms with Crippen LogP contribution in [0.3, 0.4) is 0 Å². The Morgan fingerprint density at radius 2 is 1.54 bits per heavy atom. The van der Waals surface area contributed by atoms with Crippen LogP contribution in [0.4, 0.5) is 8.78 Å². The second-order valence-corrected chi connectivity index (χ2v) is 6.31. The number of hydrogen-bond acceptors (Lipinski definition) is 4.